The normalized spacial score (nSPS) is 24.4. The van der Waals surface area contributed by atoms with E-state index in [0.29, 0.717) is 0 Å². The summed E-state index contributed by atoms with van der Waals surface area (Å²) in [6, 6.07) is 0. The topological polar surface area (TPSA) is 132 Å². The van der Waals surface area contributed by atoms with Crippen LogP contribution in [-0.4, -0.2) is 82.1 Å². The van der Waals surface area contributed by atoms with E-state index in [-0.39, 0.29) is 13.2 Å². The Kier molecular flexibility index (Phi) is 23.3. The Hall–Kier alpha value is -0.740. The van der Waals surface area contributed by atoms with Crippen LogP contribution in [0.3, 0.4) is 0 Å². The number of aliphatic hydroxyl groups excluding tert-OH is 5. The van der Waals surface area contributed by atoms with E-state index in [9.17, 15) is 25.5 Å². The molecule has 0 bridgehead atoms. The largest absolute Gasteiger partial charge is 0.394 e. The van der Waals surface area contributed by atoms with Gasteiger partial charge in [0.05, 0.1) is 19.3 Å². The van der Waals surface area contributed by atoms with Gasteiger partial charge in [-0.05, 0) is 19.0 Å². The van der Waals surface area contributed by atoms with Crippen molar-refractivity contribution in [1.82, 2.24) is 5.32 Å². The molecule has 1 aliphatic rings. The minimum atomic E-state index is -1.49. The molecular formula is C31H61NO7. The van der Waals surface area contributed by atoms with Crippen LogP contribution in [0.2, 0.25) is 0 Å². The Balaban J connectivity index is 1.85. The maximum absolute atomic E-state index is 10.1. The Bertz CT molecular complexity index is 563. The van der Waals surface area contributed by atoms with Crippen LogP contribution in [0.15, 0.2) is 12.3 Å². The molecule has 8 heteroatoms. The summed E-state index contributed by atoms with van der Waals surface area (Å²) in [5, 5.41) is 51.8. The minimum absolute atomic E-state index is 0.122. The second-order valence-electron chi connectivity index (χ2n) is 11.3. The fourth-order valence-electron chi connectivity index (χ4n) is 5.00. The predicted molar refractivity (Wildman–Crippen MR) is 156 cm³/mol. The average Bonchev–Trinajstić information content (AvgIpc) is 2.94. The molecule has 0 aromatic carbocycles. The zero-order valence-electron chi connectivity index (χ0n) is 24.7. The van der Waals surface area contributed by atoms with Crippen molar-refractivity contribution in [2.24, 2.45) is 0 Å². The van der Waals surface area contributed by atoms with Crippen molar-refractivity contribution in [2.75, 3.05) is 19.8 Å². The summed E-state index contributed by atoms with van der Waals surface area (Å²) in [5.41, 5.74) is 0. The van der Waals surface area contributed by atoms with Crippen molar-refractivity contribution in [3.8, 4) is 0 Å². The standard InChI is InChI=1S/C31H61NO7/c1-2-3-4-5-6-7-8-9-10-11-12-13-14-15-16-17-18-19-20-21-22-32-23-26(34)25-38-31-30(37)29(36)28(35)27(24-33)39-31/h21-22,26-37H,2-20,23-25H2,1H3/t26?,27-,28+,29+,30-,31+/m1/s1. The van der Waals surface area contributed by atoms with Crippen LogP contribution in [0.25, 0.3) is 0 Å². The molecule has 0 aromatic rings. The first-order valence-electron chi connectivity index (χ1n) is 16.0. The Morgan fingerprint density at radius 1 is 0.718 bits per heavy atom. The number of allylic oxidation sites excluding steroid dienone is 1. The third kappa shape index (κ3) is 18.3. The highest BCUT2D eigenvalue weighted by molar-refractivity contribution is 4.89. The molecule has 0 aliphatic carbocycles. The lowest BCUT2D eigenvalue weighted by molar-refractivity contribution is -0.304. The number of rotatable bonds is 26. The Labute approximate surface area is 238 Å². The van der Waals surface area contributed by atoms with Crippen molar-refractivity contribution in [3.63, 3.8) is 0 Å². The smallest absolute Gasteiger partial charge is 0.186 e. The number of hydrogen-bond donors (Lipinski definition) is 6. The number of hydrogen-bond acceptors (Lipinski definition) is 8. The number of nitrogens with one attached hydrogen (secondary N) is 1. The summed E-state index contributed by atoms with van der Waals surface area (Å²) in [4.78, 5) is 0. The third-order valence-corrected chi connectivity index (χ3v) is 7.61. The van der Waals surface area contributed by atoms with Gasteiger partial charge in [-0.25, -0.2) is 0 Å². The van der Waals surface area contributed by atoms with Crippen molar-refractivity contribution < 1.29 is 35.0 Å². The lowest BCUT2D eigenvalue weighted by atomic mass is 9.99. The van der Waals surface area contributed by atoms with Crippen molar-refractivity contribution >= 4 is 0 Å². The van der Waals surface area contributed by atoms with E-state index in [1.165, 1.54) is 116 Å². The van der Waals surface area contributed by atoms with Crippen LogP contribution < -0.4 is 5.32 Å². The van der Waals surface area contributed by atoms with E-state index >= 15 is 0 Å². The molecule has 0 radical (unpaired) electrons. The van der Waals surface area contributed by atoms with E-state index in [4.69, 9.17) is 9.47 Å². The molecule has 0 spiro atoms. The third-order valence-electron chi connectivity index (χ3n) is 7.61. The van der Waals surface area contributed by atoms with E-state index < -0.39 is 43.4 Å². The van der Waals surface area contributed by atoms with Gasteiger partial charge in [0.25, 0.3) is 0 Å². The predicted octanol–water partition coefficient (Wildman–Crippen LogP) is 4.70. The summed E-state index contributed by atoms with van der Waals surface area (Å²) >= 11 is 0. The first-order chi connectivity index (χ1) is 19.0. The highest BCUT2D eigenvalue weighted by atomic mass is 16.7. The fraction of sp³-hybridized carbons (Fsp3) is 0.935. The Morgan fingerprint density at radius 3 is 1.69 bits per heavy atom. The molecule has 1 rings (SSSR count). The van der Waals surface area contributed by atoms with Gasteiger partial charge in [-0.2, -0.15) is 0 Å². The average molecular weight is 560 g/mol. The summed E-state index contributed by atoms with van der Waals surface area (Å²) in [6.45, 7) is 1.91. The van der Waals surface area contributed by atoms with Crippen LogP contribution in [0.4, 0.5) is 0 Å². The summed E-state index contributed by atoms with van der Waals surface area (Å²) in [6.07, 6.45) is 22.2. The van der Waals surface area contributed by atoms with Gasteiger partial charge >= 0.3 is 0 Å². The molecule has 0 saturated carbocycles. The molecule has 6 N–H and O–H groups in total. The van der Waals surface area contributed by atoms with Gasteiger partial charge in [-0.15, -0.1) is 0 Å². The van der Waals surface area contributed by atoms with Crippen molar-refractivity contribution in [2.45, 2.75) is 166 Å². The van der Waals surface area contributed by atoms with E-state index in [1.54, 1.807) is 0 Å². The van der Waals surface area contributed by atoms with Gasteiger partial charge in [-0.1, -0.05) is 122 Å². The highest BCUT2D eigenvalue weighted by Crippen LogP contribution is 2.22. The minimum Gasteiger partial charge on any atom is -0.394 e. The molecule has 1 fully saturated rings. The lowest BCUT2D eigenvalue weighted by Crippen LogP contribution is -2.59. The number of aliphatic hydroxyl groups is 5. The fourth-order valence-corrected chi connectivity index (χ4v) is 5.00. The van der Waals surface area contributed by atoms with Gasteiger partial charge in [0.2, 0.25) is 0 Å². The molecule has 0 aromatic heterocycles. The number of unbranched alkanes of at least 4 members (excludes halogenated alkanes) is 18. The molecule has 6 atom stereocenters. The van der Waals surface area contributed by atoms with E-state index in [1.807, 2.05) is 6.20 Å². The van der Waals surface area contributed by atoms with Gasteiger partial charge in [0, 0.05) is 6.54 Å². The molecule has 1 aliphatic heterocycles. The SMILES string of the molecule is CCCCCCCCCCCCCCCCCCCCC=CNCC(O)CO[C@H]1O[C@H](CO)[C@H](O)[C@H](O)[C@H]1O. The van der Waals surface area contributed by atoms with E-state index in [0.717, 1.165) is 6.42 Å². The van der Waals surface area contributed by atoms with Crippen LogP contribution in [0.1, 0.15) is 129 Å². The Morgan fingerprint density at radius 2 is 1.21 bits per heavy atom. The maximum Gasteiger partial charge on any atom is 0.186 e. The zero-order valence-corrected chi connectivity index (χ0v) is 24.7. The van der Waals surface area contributed by atoms with Gasteiger partial charge in [-0.3, -0.25) is 0 Å². The first-order valence-corrected chi connectivity index (χ1v) is 16.0. The summed E-state index contributed by atoms with van der Waals surface area (Å²) in [5.74, 6) is 0. The van der Waals surface area contributed by atoms with Crippen molar-refractivity contribution in [3.05, 3.63) is 12.3 Å². The molecule has 39 heavy (non-hydrogen) atoms. The van der Waals surface area contributed by atoms with Gasteiger partial charge < -0.3 is 40.3 Å². The summed E-state index contributed by atoms with van der Waals surface area (Å²) in [7, 11) is 0. The van der Waals surface area contributed by atoms with E-state index in [2.05, 4.69) is 18.3 Å². The van der Waals surface area contributed by atoms with Crippen LogP contribution in [0.5, 0.6) is 0 Å². The first kappa shape index (κ1) is 36.3. The van der Waals surface area contributed by atoms with Crippen LogP contribution in [-0.2, 0) is 9.47 Å². The quantitative estimate of drug-likeness (QED) is 0.0841. The second kappa shape index (κ2) is 25.0. The van der Waals surface area contributed by atoms with Gasteiger partial charge in [0.15, 0.2) is 6.29 Å². The summed E-state index contributed by atoms with van der Waals surface area (Å²) < 4.78 is 10.6. The molecule has 8 nitrogen and oxygen atoms in total. The molecule has 232 valence electrons. The molecule has 1 heterocycles. The van der Waals surface area contributed by atoms with Crippen molar-refractivity contribution in [1.29, 1.82) is 0 Å². The molecule has 0 amide bonds. The van der Waals surface area contributed by atoms with Gasteiger partial charge in [0.1, 0.15) is 24.4 Å². The number of ether oxygens (including phenoxy) is 2. The molecule has 1 unspecified atom stereocenters. The lowest BCUT2D eigenvalue weighted by Gasteiger charge is -2.39. The monoisotopic (exact) mass is 559 g/mol. The zero-order chi connectivity index (χ0) is 28.6. The molecular weight excluding hydrogens is 498 g/mol. The maximum atomic E-state index is 10.1. The molecule has 1 saturated heterocycles. The second-order valence-corrected chi connectivity index (χ2v) is 11.3. The highest BCUT2D eigenvalue weighted by Gasteiger charge is 2.44. The van der Waals surface area contributed by atoms with Crippen LogP contribution in [0, 0.1) is 0 Å². The van der Waals surface area contributed by atoms with Crippen LogP contribution >= 0.6 is 0 Å².